The number of nitrogens with zero attached hydrogens (tertiary/aromatic N) is 4. The van der Waals surface area contributed by atoms with Gasteiger partial charge in [0, 0.05) is 10.6 Å². The van der Waals surface area contributed by atoms with Gasteiger partial charge >= 0.3 is 0 Å². The fourth-order valence-electron chi connectivity index (χ4n) is 2.07. The molecule has 8 heteroatoms. The Hall–Kier alpha value is -2.38. The highest BCUT2D eigenvalue weighted by Gasteiger charge is 2.20. The molecule has 1 N–H and O–H groups in total. The summed E-state index contributed by atoms with van der Waals surface area (Å²) in [5.41, 5.74) is 1.29. The third-order valence-electron chi connectivity index (χ3n) is 3.32. The van der Waals surface area contributed by atoms with Crippen LogP contribution in [0.1, 0.15) is 17.3 Å². The first-order valence-corrected chi connectivity index (χ1v) is 8.34. The van der Waals surface area contributed by atoms with Crippen molar-refractivity contribution in [3.63, 3.8) is 0 Å². The lowest BCUT2D eigenvalue weighted by atomic mass is 10.1. The first-order chi connectivity index (χ1) is 11.5. The standard InChI is InChI=1S/C16H13ClN4O2S/c1-10(15(23)11-2-4-12(17)5-3-11)24-16-18-19-20-21(16)13-6-8-14(22)9-7-13/h2-10,22H,1H3/t10-/m1/s1. The van der Waals surface area contributed by atoms with Gasteiger partial charge in [0.15, 0.2) is 5.78 Å². The molecule has 24 heavy (non-hydrogen) atoms. The van der Waals surface area contributed by atoms with Crippen LogP contribution in [0, 0.1) is 0 Å². The zero-order valence-corrected chi connectivity index (χ0v) is 14.2. The van der Waals surface area contributed by atoms with Gasteiger partial charge in [0.25, 0.3) is 0 Å². The van der Waals surface area contributed by atoms with Gasteiger partial charge < -0.3 is 5.11 Å². The number of rotatable bonds is 5. The van der Waals surface area contributed by atoms with E-state index in [1.807, 2.05) is 0 Å². The molecule has 0 unspecified atom stereocenters. The summed E-state index contributed by atoms with van der Waals surface area (Å²) in [6, 6.07) is 13.3. The molecule has 0 spiro atoms. The number of carbonyl (C=O) groups excluding carboxylic acids is 1. The second kappa shape index (κ2) is 7.02. The summed E-state index contributed by atoms with van der Waals surface area (Å²) in [5, 5.41) is 21.7. The highest BCUT2D eigenvalue weighted by Crippen LogP contribution is 2.26. The van der Waals surface area contributed by atoms with Crippen molar-refractivity contribution in [2.24, 2.45) is 0 Å². The molecule has 1 atom stereocenters. The number of halogens is 1. The number of ketones is 1. The summed E-state index contributed by atoms with van der Waals surface area (Å²) in [6.45, 7) is 1.80. The fourth-order valence-corrected chi connectivity index (χ4v) is 3.08. The normalized spacial score (nSPS) is 12.1. The molecule has 1 aromatic heterocycles. The lowest BCUT2D eigenvalue weighted by Gasteiger charge is -2.10. The fraction of sp³-hybridized carbons (Fsp3) is 0.125. The molecule has 0 fully saturated rings. The Bertz CT molecular complexity index is 849. The summed E-state index contributed by atoms with van der Waals surface area (Å²) in [6.07, 6.45) is 0. The van der Waals surface area contributed by atoms with E-state index in [0.29, 0.717) is 21.4 Å². The van der Waals surface area contributed by atoms with Gasteiger partial charge in [-0.05, 0) is 65.9 Å². The molecule has 122 valence electrons. The van der Waals surface area contributed by atoms with Crippen molar-refractivity contribution in [1.82, 2.24) is 20.2 Å². The zero-order chi connectivity index (χ0) is 17.1. The van der Waals surface area contributed by atoms with Crippen molar-refractivity contribution in [3.8, 4) is 11.4 Å². The number of aromatic nitrogens is 4. The predicted molar refractivity (Wildman–Crippen MR) is 91.9 cm³/mol. The maximum absolute atomic E-state index is 12.5. The molecule has 0 aliphatic heterocycles. The maximum Gasteiger partial charge on any atom is 0.214 e. The molecular formula is C16H13ClN4O2S. The minimum atomic E-state index is -0.368. The first kappa shape index (κ1) is 16.5. The topological polar surface area (TPSA) is 80.9 Å². The average molecular weight is 361 g/mol. The van der Waals surface area contributed by atoms with Gasteiger partial charge in [0.1, 0.15) is 5.75 Å². The average Bonchev–Trinajstić information content (AvgIpc) is 3.03. The number of hydrogen-bond donors (Lipinski definition) is 1. The Kier molecular flexibility index (Phi) is 4.82. The van der Waals surface area contributed by atoms with E-state index in [4.69, 9.17) is 11.6 Å². The Morgan fingerprint density at radius 2 is 1.83 bits per heavy atom. The van der Waals surface area contributed by atoms with Crippen LogP contribution >= 0.6 is 23.4 Å². The summed E-state index contributed by atoms with van der Waals surface area (Å²) in [7, 11) is 0. The number of benzene rings is 2. The van der Waals surface area contributed by atoms with E-state index in [0.717, 1.165) is 0 Å². The summed E-state index contributed by atoms with van der Waals surface area (Å²) < 4.78 is 1.52. The third-order valence-corrected chi connectivity index (χ3v) is 4.60. The number of phenols is 1. The SMILES string of the molecule is C[C@@H](Sc1nnnn1-c1ccc(O)cc1)C(=O)c1ccc(Cl)cc1. The monoisotopic (exact) mass is 360 g/mol. The molecule has 0 saturated carbocycles. The van der Waals surface area contributed by atoms with E-state index in [1.54, 1.807) is 55.5 Å². The largest absolute Gasteiger partial charge is 0.508 e. The van der Waals surface area contributed by atoms with Crippen LogP contribution in [0.2, 0.25) is 5.02 Å². The minimum Gasteiger partial charge on any atom is -0.508 e. The number of tetrazole rings is 1. The lowest BCUT2D eigenvalue weighted by molar-refractivity contribution is 0.0994. The Morgan fingerprint density at radius 3 is 2.50 bits per heavy atom. The van der Waals surface area contributed by atoms with Crippen molar-refractivity contribution in [3.05, 3.63) is 59.1 Å². The molecule has 6 nitrogen and oxygen atoms in total. The molecule has 0 radical (unpaired) electrons. The van der Waals surface area contributed by atoms with E-state index in [-0.39, 0.29) is 16.8 Å². The second-order valence-corrected chi connectivity index (χ2v) is 6.77. The molecule has 0 aliphatic carbocycles. The van der Waals surface area contributed by atoms with Crippen LogP contribution in [-0.4, -0.2) is 36.3 Å². The second-order valence-electron chi connectivity index (χ2n) is 5.02. The summed E-state index contributed by atoms with van der Waals surface area (Å²) >= 11 is 7.11. The lowest BCUT2D eigenvalue weighted by Crippen LogP contribution is -2.14. The van der Waals surface area contributed by atoms with E-state index in [2.05, 4.69) is 15.5 Å². The van der Waals surface area contributed by atoms with Crippen molar-refractivity contribution in [2.75, 3.05) is 0 Å². The number of carbonyl (C=O) groups is 1. The van der Waals surface area contributed by atoms with Crippen molar-refractivity contribution >= 4 is 29.1 Å². The van der Waals surface area contributed by atoms with Gasteiger partial charge in [-0.1, -0.05) is 23.4 Å². The maximum atomic E-state index is 12.5. The van der Waals surface area contributed by atoms with E-state index in [9.17, 15) is 9.90 Å². The number of Topliss-reactive ketones (excluding diaryl/α,β-unsaturated/α-hetero) is 1. The number of phenolic OH excluding ortho intramolecular Hbond substituents is 1. The molecule has 0 bridgehead atoms. The molecular weight excluding hydrogens is 348 g/mol. The van der Waals surface area contributed by atoms with Gasteiger partial charge in [-0.25, -0.2) is 0 Å². The van der Waals surface area contributed by atoms with Gasteiger partial charge in [0.2, 0.25) is 5.16 Å². The highest BCUT2D eigenvalue weighted by atomic mass is 35.5. The van der Waals surface area contributed by atoms with Gasteiger partial charge in [-0.3, -0.25) is 4.79 Å². The number of aromatic hydroxyl groups is 1. The molecule has 1 heterocycles. The van der Waals surface area contributed by atoms with E-state index in [1.165, 1.54) is 16.4 Å². The number of hydrogen-bond acceptors (Lipinski definition) is 6. The smallest absolute Gasteiger partial charge is 0.214 e. The molecule has 2 aromatic carbocycles. The van der Waals surface area contributed by atoms with Crippen LogP contribution in [0.3, 0.4) is 0 Å². The predicted octanol–water partition coefficient (Wildman–Crippen LogP) is 3.38. The molecule has 0 amide bonds. The Balaban J connectivity index is 1.79. The molecule has 3 rings (SSSR count). The number of thioether (sulfide) groups is 1. The summed E-state index contributed by atoms with van der Waals surface area (Å²) in [5.74, 6) is 0.129. The highest BCUT2D eigenvalue weighted by molar-refractivity contribution is 8.00. The van der Waals surface area contributed by atoms with Crippen molar-refractivity contribution < 1.29 is 9.90 Å². The quantitative estimate of drug-likeness (QED) is 0.555. The first-order valence-electron chi connectivity index (χ1n) is 7.09. The van der Waals surface area contributed by atoms with Crippen LogP contribution < -0.4 is 0 Å². The van der Waals surface area contributed by atoms with Crippen LogP contribution in [0.4, 0.5) is 0 Å². The Labute approximate surface area is 147 Å². The molecule has 0 saturated heterocycles. The van der Waals surface area contributed by atoms with Gasteiger partial charge in [-0.2, -0.15) is 4.68 Å². The van der Waals surface area contributed by atoms with Crippen molar-refractivity contribution in [2.45, 2.75) is 17.3 Å². The van der Waals surface area contributed by atoms with Crippen LogP contribution in [-0.2, 0) is 0 Å². The Morgan fingerprint density at radius 1 is 1.17 bits per heavy atom. The van der Waals surface area contributed by atoms with E-state index >= 15 is 0 Å². The van der Waals surface area contributed by atoms with E-state index < -0.39 is 0 Å². The summed E-state index contributed by atoms with van der Waals surface area (Å²) in [4.78, 5) is 12.5. The molecule has 0 aliphatic rings. The van der Waals surface area contributed by atoms with Gasteiger partial charge in [0.05, 0.1) is 10.9 Å². The van der Waals surface area contributed by atoms with Crippen LogP contribution in [0.5, 0.6) is 5.75 Å². The van der Waals surface area contributed by atoms with Crippen LogP contribution in [0.25, 0.3) is 5.69 Å². The zero-order valence-electron chi connectivity index (χ0n) is 12.6. The van der Waals surface area contributed by atoms with Crippen molar-refractivity contribution in [1.29, 1.82) is 0 Å². The van der Waals surface area contributed by atoms with Gasteiger partial charge in [-0.15, -0.1) is 5.10 Å². The minimum absolute atomic E-state index is 0.0306. The van der Waals surface area contributed by atoms with Crippen LogP contribution in [0.15, 0.2) is 53.7 Å². The third kappa shape index (κ3) is 3.58. The molecule has 3 aromatic rings.